The first-order chi connectivity index (χ1) is 11.9. The van der Waals surface area contributed by atoms with Crippen LogP contribution in [-0.4, -0.2) is 52.9 Å². The second-order valence-corrected chi connectivity index (χ2v) is 7.32. The smallest absolute Gasteiger partial charge is 0.312 e. The van der Waals surface area contributed by atoms with Gasteiger partial charge in [-0.3, -0.25) is 10.1 Å². The fourth-order valence-electron chi connectivity index (χ4n) is 2.43. The summed E-state index contributed by atoms with van der Waals surface area (Å²) < 4.78 is 42.6. The van der Waals surface area contributed by atoms with E-state index in [4.69, 9.17) is 14.2 Å². The van der Waals surface area contributed by atoms with Crippen molar-refractivity contribution in [2.45, 2.75) is 30.3 Å². The first kappa shape index (κ1) is 19.6. The minimum atomic E-state index is -3.83. The van der Waals surface area contributed by atoms with Gasteiger partial charge in [-0.2, -0.15) is 0 Å². The van der Waals surface area contributed by atoms with E-state index >= 15 is 0 Å². The third-order valence-corrected chi connectivity index (χ3v) is 5.20. The standard InChI is InChI=1S/C15H22N2O7S/c1-22-15-6-5-13(10-14(15)17(18)19)25(20,21)16-7-3-8-23-11-12-4-2-9-24-12/h5-6,10,12,16H,2-4,7-9,11H2,1H3. The molecule has 1 saturated heterocycles. The summed E-state index contributed by atoms with van der Waals surface area (Å²) in [5, 5.41) is 11.0. The number of nitro benzene ring substituents is 1. The maximum Gasteiger partial charge on any atom is 0.312 e. The summed E-state index contributed by atoms with van der Waals surface area (Å²) in [5.41, 5.74) is -0.398. The number of ether oxygens (including phenoxy) is 3. The lowest BCUT2D eigenvalue weighted by atomic mass is 10.2. The lowest BCUT2D eigenvalue weighted by Gasteiger charge is -2.11. The van der Waals surface area contributed by atoms with Crippen molar-refractivity contribution in [1.82, 2.24) is 4.72 Å². The Morgan fingerprint density at radius 1 is 1.44 bits per heavy atom. The summed E-state index contributed by atoms with van der Waals surface area (Å²) in [5.74, 6) is 0.00600. The third kappa shape index (κ3) is 5.63. The molecule has 1 heterocycles. The molecule has 25 heavy (non-hydrogen) atoms. The summed E-state index contributed by atoms with van der Waals surface area (Å²) in [6, 6.07) is 3.51. The van der Waals surface area contributed by atoms with Gasteiger partial charge in [0.15, 0.2) is 5.75 Å². The molecule has 1 aliphatic heterocycles. The second kappa shape index (κ2) is 9.09. The van der Waals surface area contributed by atoms with E-state index in [1.54, 1.807) is 0 Å². The largest absolute Gasteiger partial charge is 0.490 e. The quantitative estimate of drug-likeness (QED) is 0.374. The van der Waals surface area contributed by atoms with Crippen molar-refractivity contribution in [2.24, 2.45) is 0 Å². The van der Waals surface area contributed by atoms with Gasteiger partial charge in [0.05, 0.1) is 29.6 Å². The molecule has 0 saturated carbocycles. The van der Waals surface area contributed by atoms with Gasteiger partial charge in [0, 0.05) is 25.8 Å². The Kier molecular flexibility index (Phi) is 7.12. The molecule has 0 aromatic heterocycles. The van der Waals surface area contributed by atoms with Gasteiger partial charge in [-0.05, 0) is 31.4 Å². The molecule has 2 rings (SSSR count). The second-order valence-electron chi connectivity index (χ2n) is 5.55. The number of nitro groups is 1. The van der Waals surface area contributed by atoms with Crippen molar-refractivity contribution in [2.75, 3.05) is 33.5 Å². The van der Waals surface area contributed by atoms with Crippen LogP contribution in [0, 0.1) is 10.1 Å². The van der Waals surface area contributed by atoms with Crippen LogP contribution in [0.25, 0.3) is 0 Å². The maximum absolute atomic E-state index is 12.2. The highest BCUT2D eigenvalue weighted by atomic mass is 32.2. The first-order valence-corrected chi connectivity index (χ1v) is 9.44. The normalized spacial score (nSPS) is 17.6. The average molecular weight is 374 g/mol. The molecule has 9 nitrogen and oxygen atoms in total. The van der Waals surface area contributed by atoms with E-state index in [-0.39, 0.29) is 23.3 Å². The summed E-state index contributed by atoms with van der Waals surface area (Å²) in [7, 11) is -2.55. The predicted molar refractivity (Wildman–Crippen MR) is 89.2 cm³/mol. The highest BCUT2D eigenvalue weighted by molar-refractivity contribution is 7.89. The van der Waals surface area contributed by atoms with Crippen LogP contribution in [0.2, 0.25) is 0 Å². The van der Waals surface area contributed by atoms with Crippen LogP contribution < -0.4 is 9.46 Å². The SMILES string of the molecule is COc1ccc(S(=O)(=O)NCCCOCC2CCCO2)cc1[N+](=O)[O-]. The number of nitrogens with one attached hydrogen (secondary N) is 1. The Hall–Kier alpha value is -1.75. The van der Waals surface area contributed by atoms with E-state index in [0.29, 0.717) is 19.6 Å². The third-order valence-electron chi connectivity index (χ3n) is 3.74. The molecule has 0 bridgehead atoms. The predicted octanol–water partition coefficient (Wildman–Crippen LogP) is 1.47. The van der Waals surface area contributed by atoms with Crippen molar-refractivity contribution in [1.29, 1.82) is 0 Å². The Labute approximate surface area is 146 Å². The van der Waals surface area contributed by atoms with Gasteiger partial charge < -0.3 is 14.2 Å². The molecular weight excluding hydrogens is 352 g/mol. The molecule has 0 aliphatic carbocycles. The van der Waals surface area contributed by atoms with Gasteiger partial charge in [-0.1, -0.05) is 0 Å². The zero-order chi connectivity index (χ0) is 18.3. The Morgan fingerprint density at radius 3 is 2.88 bits per heavy atom. The molecule has 1 aromatic rings. The molecule has 1 unspecified atom stereocenters. The summed E-state index contributed by atoms with van der Waals surface area (Å²) >= 11 is 0. The van der Waals surface area contributed by atoms with Gasteiger partial charge >= 0.3 is 5.69 Å². The van der Waals surface area contributed by atoms with Gasteiger partial charge in [0.25, 0.3) is 0 Å². The monoisotopic (exact) mass is 374 g/mol. The fourth-order valence-corrected chi connectivity index (χ4v) is 3.53. The first-order valence-electron chi connectivity index (χ1n) is 7.95. The molecule has 0 radical (unpaired) electrons. The van der Waals surface area contributed by atoms with Crippen molar-refractivity contribution in [3.05, 3.63) is 28.3 Å². The number of benzene rings is 1. The van der Waals surface area contributed by atoms with Crippen LogP contribution in [0.4, 0.5) is 5.69 Å². The van der Waals surface area contributed by atoms with Crippen LogP contribution in [0.15, 0.2) is 23.1 Å². The van der Waals surface area contributed by atoms with Gasteiger partial charge in [0.2, 0.25) is 10.0 Å². The summed E-state index contributed by atoms with van der Waals surface area (Å²) in [6.07, 6.45) is 2.66. The van der Waals surface area contributed by atoms with Crippen molar-refractivity contribution in [3.8, 4) is 5.75 Å². The molecule has 0 amide bonds. The Balaban J connectivity index is 1.82. The molecule has 1 fully saturated rings. The maximum atomic E-state index is 12.2. The highest BCUT2D eigenvalue weighted by Gasteiger charge is 2.21. The lowest BCUT2D eigenvalue weighted by molar-refractivity contribution is -0.386. The Bertz CT molecular complexity index is 687. The molecule has 1 aliphatic rings. The molecular formula is C15H22N2O7S. The lowest BCUT2D eigenvalue weighted by Crippen LogP contribution is -2.26. The summed E-state index contributed by atoms with van der Waals surface area (Å²) in [4.78, 5) is 10.1. The van der Waals surface area contributed by atoms with Crippen LogP contribution in [0.1, 0.15) is 19.3 Å². The van der Waals surface area contributed by atoms with E-state index in [0.717, 1.165) is 25.5 Å². The van der Waals surface area contributed by atoms with E-state index in [1.807, 2.05) is 0 Å². The number of nitrogens with zero attached hydrogens (tertiary/aromatic N) is 1. The van der Waals surface area contributed by atoms with E-state index in [9.17, 15) is 18.5 Å². The molecule has 1 N–H and O–H groups in total. The minimum Gasteiger partial charge on any atom is -0.490 e. The molecule has 10 heteroatoms. The van der Waals surface area contributed by atoms with Crippen molar-refractivity contribution in [3.63, 3.8) is 0 Å². The van der Waals surface area contributed by atoms with Crippen molar-refractivity contribution >= 4 is 15.7 Å². The van der Waals surface area contributed by atoms with Gasteiger partial charge in [-0.15, -0.1) is 0 Å². The topological polar surface area (TPSA) is 117 Å². The van der Waals surface area contributed by atoms with Crippen LogP contribution in [-0.2, 0) is 19.5 Å². The number of sulfonamides is 1. The van der Waals surface area contributed by atoms with E-state index in [2.05, 4.69) is 4.72 Å². The van der Waals surface area contributed by atoms with Gasteiger partial charge in [0.1, 0.15) is 0 Å². The number of rotatable bonds is 10. The molecule has 1 atom stereocenters. The average Bonchev–Trinajstić information content (AvgIpc) is 3.10. The minimum absolute atomic E-state index is 0.00600. The zero-order valence-electron chi connectivity index (χ0n) is 14.0. The van der Waals surface area contributed by atoms with Crippen LogP contribution >= 0.6 is 0 Å². The number of hydrogen-bond donors (Lipinski definition) is 1. The zero-order valence-corrected chi connectivity index (χ0v) is 14.8. The highest BCUT2D eigenvalue weighted by Crippen LogP contribution is 2.29. The van der Waals surface area contributed by atoms with Crippen LogP contribution in [0.5, 0.6) is 5.75 Å². The molecule has 1 aromatic carbocycles. The van der Waals surface area contributed by atoms with Crippen molar-refractivity contribution < 1.29 is 27.6 Å². The molecule has 0 spiro atoms. The Morgan fingerprint density at radius 2 is 2.24 bits per heavy atom. The summed E-state index contributed by atoms with van der Waals surface area (Å²) in [6.45, 7) is 1.86. The van der Waals surface area contributed by atoms with E-state index in [1.165, 1.54) is 19.2 Å². The fraction of sp³-hybridized carbons (Fsp3) is 0.600. The van der Waals surface area contributed by atoms with E-state index < -0.39 is 20.6 Å². The number of methoxy groups -OCH3 is 1. The number of hydrogen-bond acceptors (Lipinski definition) is 7. The molecule has 140 valence electrons. The van der Waals surface area contributed by atoms with Crippen LogP contribution in [0.3, 0.4) is 0 Å². The van der Waals surface area contributed by atoms with Gasteiger partial charge in [-0.25, -0.2) is 13.1 Å².